The number of nitrogens with zero attached hydrogens (tertiary/aromatic N) is 3. The Morgan fingerprint density at radius 3 is 2.58 bits per heavy atom. The summed E-state index contributed by atoms with van der Waals surface area (Å²) in [5.41, 5.74) is 1.69. The maximum absolute atomic E-state index is 10.9. The lowest BCUT2D eigenvalue weighted by Crippen LogP contribution is -2.04. The van der Waals surface area contributed by atoms with Crippen LogP contribution in [0.4, 0.5) is 5.69 Å². The largest absolute Gasteiger partial charge is 0.476 e. The van der Waals surface area contributed by atoms with E-state index in [0.29, 0.717) is 11.3 Å². The standard InChI is InChI=1S/C12H11N3O4/c1-7-5-8(2)11(15(18)19)6-10(7)14-4-3-9(13-14)12(16)17/h3-6H,1-2H3,(H,16,17). The van der Waals surface area contributed by atoms with Crippen molar-refractivity contribution in [2.24, 2.45) is 0 Å². The van der Waals surface area contributed by atoms with E-state index < -0.39 is 10.9 Å². The maximum Gasteiger partial charge on any atom is 0.356 e. The Morgan fingerprint density at radius 1 is 1.37 bits per heavy atom. The molecule has 2 aromatic rings. The summed E-state index contributed by atoms with van der Waals surface area (Å²) in [5.74, 6) is -1.14. The van der Waals surface area contributed by atoms with Crippen molar-refractivity contribution in [1.29, 1.82) is 0 Å². The van der Waals surface area contributed by atoms with E-state index in [9.17, 15) is 14.9 Å². The minimum atomic E-state index is -1.14. The van der Waals surface area contributed by atoms with Gasteiger partial charge in [-0.2, -0.15) is 5.10 Å². The topological polar surface area (TPSA) is 98.3 Å². The highest BCUT2D eigenvalue weighted by molar-refractivity contribution is 5.85. The molecule has 0 radical (unpaired) electrons. The average molecular weight is 261 g/mol. The van der Waals surface area contributed by atoms with Gasteiger partial charge in [-0.25, -0.2) is 9.48 Å². The third-order valence-corrected chi connectivity index (χ3v) is 2.77. The summed E-state index contributed by atoms with van der Waals surface area (Å²) in [6.07, 6.45) is 1.46. The van der Waals surface area contributed by atoms with Gasteiger partial charge in [-0.15, -0.1) is 0 Å². The minimum absolute atomic E-state index is 0.0204. The van der Waals surface area contributed by atoms with Crippen LogP contribution >= 0.6 is 0 Å². The predicted molar refractivity (Wildman–Crippen MR) is 66.7 cm³/mol. The third-order valence-electron chi connectivity index (χ3n) is 2.77. The van der Waals surface area contributed by atoms with Gasteiger partial charge < -0.3 is 5.11 Å². The Kier molecular flexibility index (Phi) is 3.04. The van der Waals surface area contributed by atoms with Crippen molar-refractivity contribution in [3.05, 3.63) is 51.3 Å². The second kappa shape index (κ2) is 4.52. The molecule has 2 rings (SSSR count). The van der Waals surface area contributed by atoms with Crippen molar-refractivity contribution >= 4 is 11.7 Å². The third kappa shape index (κ3) is 2.30. The minimum Gasteiger partial charge on any atom is -0.476 e. The molecule has 0 amide bonds. The second-order valence-corrected chi connectivity index (χ2v) is 4.13. The number of carboxylic acid groups (broad SMARTS) is 1. The number of aromatic nitrogens is 2. The maximum atomic E-state index is 10.9. The molecule has 7 nitrogen and oxygen atoms in total. The van der Waals surface area contributed by atoms with Crippen LogP contribution in [-0.4, -0.2) is 25.8 Å². The summed E-state index contributed by atoms with van der Waals surface area (Å²) in [4.78, 5) is 21.2. The number of aryl methyl sites for hydroxylation is 2. The van der Waals surface area contributed by atoms with Crippen LogP contribution in [0.5, 0.6) is 0 Å². The highest BCUT2D eigenvalue weighted by Crippen LogP contribution is 2.25. The molecule has 0 unspecified atom stereocenters. The summed E-state index contributed by atoms with van der Waals surface area (Å²) in [5, 5.41) is 23.6. The van der Waals surface area contributed by atoms with Crippen molar-refractivity contribution in [3.8, 4) is 5.69 Å². The highest BCUT2D eigenvalue weighted by Gasteiger charge is 2.16. The zero-order valence-corrected chi connectivity index (χ0v) is 10.3. The van der Waals surface area contributed by atoms with Gasteiger partial charge >= 0.3 is 5.97 Å². The lowest BCUT2D eigenvalue weighted by molar-refractivity contribution is -0.385. The van der Waals surface area contributed by atoms with Crippen LogP contribution in [0.2, 0.25) is 0 Å². The van der Waals surface area contributed by atoms with Gasteiger partial charge in [0.15, 0.2) is 5.69 Å². The molecular formula is C12H11N3O4. The summed E-state index contributed by atoms with van der Waals surface area (Å²) >= 11 is 0. The van der Waals surface area contributed by atoms with Gasteiger partial charge in [0.25, 0.3) is 5.69 Å². The number of hydrogen-bond acceptors (Lipinski definition) is 4. The molecule has 0 saturated carbocycles. The zero-order chi connectivity index (χ0) is 14.2. The van der Waals surface area contributed by atoms with E-state index in [1.54, 1.807) is 19.9 Å². The molecule has 0 spiro atoms. The Bertz CT molecular complexity index is 676. The summed E-state index contributed by atoms with van der Waals surface area (Å²) in [6, 6.07) is 4.41. The number of nitro benzene ring substituents is 1. The summed E-state index contributed by atoms with van der Waals surface area (Å²) in [7, 11) is 0. The number of carbonyl (C=O) groups is 1. The number of nitro groups is 1. The van der Waals surface area contributed by atoms with Crippen LogP contribution < -0.4 is 0 Å². The van der Waals surface area contributed by atoms with Gasteiger partial charge in [0, 0.05) is 17.8 Å². The normalized spacial score (nSPS) is 10.4. The van der Waals surface area contributed by atoms with E-state index in [4.69, 9.17) is 5.11 Å². The fraction of sp³-hybridized carbons (Fsp3) is 0.167. The Morgan fingerprint density at radius 2 is 2.05 bits per heavy atom. The monoisotopic (exact) mass is 261 g/mol. The van der Waals surface area contributed by atoms with E-state index in [1.807, 2.05) is 0 Å². The van der Waals surface area contributed by atoms with E-state index >= 15 is 0 Å². The van der Waals surface area contributed by atoms with Crippen molar-refractivity contribution in [3.63, 3.8) is 0 Å². The first-order valence-corrected chi connectivity index (χ1v) is 5.45. The lowest BCUT2D eigenvalue weighted by Gasteiger charge is -2.07. The van der Waals surface area contributed by atoms with E-state index in [0.717, 1.165) is 5.56 Å². The van der Waals surface area contributed by atoms with Crippen LogP contribution in [-0.2, 0) is 0 Å². The van der Waals surface area contributed by atoms with Gasteiger partial charge in [-0.3, -0.25) is 10.1 Å². The molecule has 0 atom stereocenters. The van der Waals surface area contributed by atoms with Gasteiger partial charge in [0.05, 0.1) is 10.6 Å². The molecule has 19 heavy (non-hydrogen) atoms. The summed E-state index contributed by atoms with van der Waals surface area (Å²) < 4.78 is 1.32. The van der Waals surface area contributed by atoms with Gasteiger partial charge in [-0.1, -0.05) is 0 Å². The second-order valence-electron chi connectivity index (χ2n) is 4.13. The fourth-order valence-corrected chi connectivity index (χ4v) is 1.85. The first-order valence-electron chi connectivity index (χ1n) is 5.45. The van der Waals surface area contributed by atoms with Gasteiger partial charge in [-0.05, 0) is 31.5 Å². The predicted octanol–water partition coefficient (Wildman–Crippen LogP) is 2.10. The SMILES string of the molecule is Cc1cc(C)c([N+](=O)[O-])cc1-n1ccc(C(=O)O)n1. The van der Waals surface area contributed by atoms with Crippen molar-refractivity contribution in [2.75, 3.05) is 0 Å². The average Bonchev–Trinajstić information content (AvgIpc) is 2.77. The Balaban J connectivity index is 2.57. The van der Waals surface area contributed by atoms with Crippen LogP contribution in [0.15, 0.2) is 24.4 Å². The highest BCUT2D eigenvalue weighted by atomic mass is 16.6. The number of aromatic carboxylic acids is 1. The molecule has 98 valence electrons. The molecule has 1 N–H and O–H groups in total. The number of benzene rings is 1. The quantitative estimate of drug-likeness (QED) is 0.673. The Labute approximate surface area is 108 Å². The molecule has 1 aromatic carbocycles. The van der Waals surface area contributed by atoms with Crippen molar-refractivity contribution in [2.45, 2.75) is 13.8 Å². The molecule has 0 fully saturated rings. The van der Waals surface area contributed by atoms with Crippen LogP contribution in [0.1, 0.15) is 21.6 Å². The molecule has 0 aliphatic carbocycles. The van der Waals surface area contributed by atoms with Gasteiger partial charge in [0.1, 0.15) is 0 Å². The van der Waals surface area contributed by atoms with Crippen LogP contribution in [0.3, 0.4) is 0 Å². The van der Waals surface area contributed by atoms with Crippen LogP contribution in [0.25, 0.3) is 5.69 Å². The first kappa shape index (κ1) is 12.7. The van der Waals surface area contributed by atoms with E-state index in [2.05, 4.69) is 5.10 Å². The molecule has 0 saturated heterocycles. The molecule has 0 aliphatic rings. The molecule has 1 aromatic heterocycles. The Hall–Kier alpha value is -2.70. The zero-order valence-electron chi connectivity index (χ0n) is 10.3. The van der Waals surface area contributed by atoms with E-state index in [-0.39, 0.29) is 11.4 Å². The van der Waals surface area contributed by atoms with Crippen molar-refractivity contribution in [1.82, 2.24) is 9.78 Å². The lowest BCUT2D eigenvalue weighted by atomic mass is 10.1. The van der Waals surface area contributed by atoms with E-state index in [1.165, 1.54) is 23.0 Å². The molecule has 7 heteroatoms. The fourth-order valence-electron chi connectivity index (χ4n) is 1.85. The molecule has 0 bridgehead atoms. The summed E-state index contributed by atoms with van der Waals surface area (Å²) in [6.45, 7) is 3.44. The number of carboxylic acids is 1. The number of hydrogen-bond donors (Lipinski definition) is 1. The smallest absolute Gasteiger partial charge is 0.356 e. The van der Waals surface area contributed by atoms with Crippen LogP contribution in [0, 0.1) is 24.0 Å². The number of rotatable bonds is 3. The first-order chi connectivity index (χ1) is 8.90. The van der Waals surface area contributed by atoms with Crippen molar-refractivity contribution < 1.29 is 14.8 Å². The molecular weight excluding hydrogens is 250 g/mol. The van der Waals surface area contributed by atoms with Gasteiger partial charge in [0.2, 0.25) is 0 Å². The molecule has 1 heterocycles. The molecule has 0 aliphatic heterocycles.